The van der Waals surface area contributed by atoms with Crippen LogP contribution < -0.4 is 14.2 Å². The van der Waals surface area contributed by atoms with Crippen LogP contribution >= 0.6 is 0 Å². The Morgan fingerprint density at radius 3 is 2.07 bits per heavy atom. The minimum atomic E-state index is -0.0265. The summed E-state index contributed by atoms with van der Waals surface area (Å²) in [7, 11) is 3.07. The van der Waals surface area contributed by atoms with Crippen LogP contribution in [0.4, 0.5) is 0 Å². The number of aromatic hydroxyl groups is 2. The van der Waals surface area contributed by atoms with Crippen LogP contribution in [-0.4, -0.2) is 31.0 Å². The van der Waals surface area contributed by atoms with Crippen molar-refractivity contribution < 1.29 is 24.4 Å². The Balaban J connectivity index is 2.02. The van der Waals surface area contributed by atoms with Crippen molar-refractivity contribution in [3.05, 3.63) is 66.2 Å². The number of hydrogen-bond donors (Lipinski definition) is 2. The molecule has 3 aromatic carbocycles. The van der Waals surface area contributed by atoms with Crippen LogP contribution in [0.25, 0.3) is 22.3 Å². The average Bonchev–Trinajstić information content (AvgIpc) is 2.74. The molecule has 0 aliphatic rings. The first-order chi connectivity index (χ1) is 14.4. The maximum absolute atomic E-state index is 11.0. The van der Waals surface area contributed by atoms with Gasteiger partial charge < -0.3 is 24.4 Å². The molecule has 0 aliphatic heterocycles. The fourth-order valence-electron chi connectivity index (χ4n) is 3.15. The molecule has 0 radical (unpaired) electrons. The first kappa shape index (κ1) is 21.1. The Bertz CT molecular complexity index is 1030. The highest BCUT2D eigenvalue weighted by Crippen LogP contribution is 2.49. The molecule has 2 N–H and O–H groups in total. The van der Waals surface area contributed by atoms with E-state index in [1.165, 1.54) is 12.7 Å². The number of methoxy groups -OCH3 is 2. The molecule has 3 rings (SSSR count). The second-order valence-electron chi connectivity index (χ2n) is 7.05. The molecule has 0 bridgehead atoms. The van der Waals surface area contributed by atoms with E-state index in [-0.39, 0.29) is 11.5 Å². The third kappa shape index (κ3) is 4.51. The molecule has 0 heterocycles. The average molecular weight is 406 g/mol. The summed E-state index contributed by atoms with van der Waals surface area (Å²) < 4.78 is 16.8. The maximum Gasteiger partial charge on any atom is 0.170 e. The second kappa shape index (κ2) is 9.27. The Morgan fingerprint density at radius 2 is 1.50 bits per heavy atom. The van der Waals surface area contributed by atoms with Crippen molar-refractivity contribution in [2.45, 2.75) is 13.8 Å². The van der Waals surface area contributed by atoms with E-state index in [1.807, 2.05) is 50.3 Å². The number of rotatable bonds is 7. The molecule has 0 aromatic heterocycles. The van der Waals surface area contributed by atoms with Gasteiger partial charge >= 0.3 is 0 Å². The summed E-state index contributed by atoms with van der Waals surface area (Å²) in [4.78, 5) is 0. The lowest BCUT2D eigenvalue weighted by Crippen LogP contribution is -1.96. The van der Waals surface area contributed by atoms with Gasteiger partial charge in [0, 0.05) is 5.56 Å². The van der Waals surface area contributed by atoms with Crippen molar-refractivity contribution in [2.24, 2.45) is 0 Å². The molecule has 0 fully saturated rings. The van der Waals surface area contributed by atoms with Gasteiger partial charge in [0.2, 0.25) is 0 Å². The molecule has 0 atom stereocenters. The molecule has 5 heteroatoms. The van der Waals surface area contributed by atoms with E-state index < -0.39 is 0 Å². The van der Waals surface area contributed by atoms with Crippen LogP contribution in [-0.2, 0) is 0 Å². The Kier molecular flexibility index (Phi) is 6.52. The van der Waals surface area contributed by atoms with Gasteiger partial charge in [-0.15, -0.1) is 0 Å². The molecule has 0 unspecified atom stereocenters. The van der Waals surface area contributed by atoms with Crippen molar-refractivity contribution >= 4 is 0 Å². The van der Waals surface area contributed by atoms with Crippen LogP contribution in [0.3, 0.4) is 0 Å². The van der Waals surface area contributed by atoms with Gasteiger partial charge in [0.25, 0.3) is 0 Å². The third-order valence-corrected chi connectivity index (χ3v) is 4.71. The number of ether oxygens (including phenoxy) is 3. The predicted octanol–water partition coefficient (Wildman–Crippen LogP) is 5.79. The molecule has 0 spiro atoms. The highest BCUT2D eigenvalue weighted by Gasteiger charge is 2.21. The molecule has 156 valence electrons. The Hall–Kier alpha value is -3.60. The molecule has 0 amide bonds. The van der Waals surface area contributed by atoms with Gasteiger partial charge in [-0.05, 0) is 61.4 Å². The van der Waals surface area contributed by atoms with Crippen molar-refractivity contribution in [1.29, 1.82) is 0 Å². The number of phenolic OH excluding ortho intramolecular Hbond substituents is 2. The second-order valence-corrected chi connectivity index (χ2v) is 7.05. The van der Waals surface area contributed by atoms with Crippen molar-refractivity contribution in [1.82, 2.24) is 0 Å². The van der Waals surface area contributed by atoms with Crippen molar-refractivity contribution in [3.63, 3.8) is 0 Å². The lowest BCUT2D eigenvalue weighted by molar-refractivity contribution is 0.362. The van der Waals surface area contributed by atoms with E-state index in [2.05, 4.69) is 0 Å². The maximum atomic E-state index is 11.0. The minimum Gasteiger partial charge on any atom is -0.508 e. The largest absolute Gasteiger partial charge is 0.508 e. The van der Waals surface area contributed by atoms with E-state index in [0.717, 1.165) is 11.3 Å². The topological polar surface area (TPSA) is 68.2 Å². The van der Waals surface area contributed by atoms with Crippen molar-refractivity contribution in [3.8, 4) is 51.0 Å². The number of allylic oxidation sites excluding steroid dienone is 1. The van der Waals surface area contributed by atoms with Crippen LogP contribution in [0.1, 0.15) is 13.8 Å². The predicted molar refractivity (Wildman–Crippen MR) is 119 cm³/mol. The molecule has 3 aromatic rings. The summed E-state index contributed by atoms with van der Waals surface area (Å²) >= 11 is 0. The van der Waals surface area contributed by atoms with E-state index in [4.69, 9.17) is 14.2 Å². The van der Waals surface area contributed by atoms with Gasteiger partial charge in [-0.2, -0.15) is 0 Å². The quantitative estimate of drug-likeness (QED) is 0.486. The Labute approximate surface area is 176 Å². The zero-order valence-electron chi connectivity index (χ0n) is 17.6. The highest BCUT2D eigenvalue weighted by atomic mass is 16.5. The summed E-state index contributed by atoms with van der Waals surface area (Å²) in [5.74, 6) is 1.72. The summed E-state index contributed by atoms with van der Waals surface area (Å²) in [6.07, 6.45) is 2.02. The molecule has 0 saturated heterocycles. The van der Waals surface area contributed by atoms with E-state index >= 15 is 0 Å². The van der Waals surface area contributed by atoms with Crippen molar-refractivity contribution in [2.75, 3.05) is 20.8 Å². The standard InChI is InChI=1S/C25H26O5/c1-16(2)13-14-30-20-11-7-17(8-12-20)21-15-22(28-3)23(24(27)25(21)29-4)18-5-9-19(26)10-6-18/h5-13,15,26-27H,14H2,1-4H3. The van der Waals surface area contributed by atoms with Gasteiger partial charge in [0.1, 0.15) is 23.9 Å². The smallest absolute Gasteiger partial charge is 0.170 e. The van der Waals surface area contributed by atoms with Gasteiger partial charge in [-0.3, -0.25) is 0 Å². The normalized spacial score (nSPS) is 10.4. The first-order valence-corrected chi connectivity index (χ1v) is 9.58. The lowest BCUT2D eigenvalue weighted by Gasteiger charge is -2.18. The molecule has 0 saturated carbocycles. The number of phenols is 2. The molecular weight excluding hydrogens is 380 g/mol. The first-order valence-electron chi connectivity index (χ1n) is 9.58. The zero-order valence-corrected chi connectivity index (χ0v) is 17.6. The SMILES string of the molecule is COc1cc(-c2ccc(OCC=C(C)C)cc2)c(OC)c(O)c1-c1ccc(O)cc1. The minimum absolute atomic E-state index is 0.0265. The van der Waals surface area contributed by atoms with Gasteiger partial charge in [0.05, 0.1) is 19.8 Å². The van der Waals surface area contributed by atoms with Crippen LogP contribution in [0.5, 0.6) is 28.7 Å². The molecular formula is C25H26O5. The Morgan fingerprint density at radius 1 is 0.867 bits per heavy atom. The molecule has 5 nitrogen and oxygen atoms in total. The summed E-state index contributed by atoms with van der Waals surface area (Å²) in [5.41, 5.74) is 3.96. The van der Waals surface area contributed by atoms with E-state index in [9.17, 15) is 10.2 Å². The van der Waals surface area contributed by atoms with Crippen LogP contribution in [0.15, 0.2) is 66.2 Å². The summed E-state index contributed by atoms with van der Waals surface area (Å²) in [6.45, 7) is 4.57. The zero-order chi connectivity index (χ0) is 21.7. The fraction of sp³-hybridized carbons (Fsp3) is 0.200. The van der Waals surface area contributed by atoms with E-state index in [1.54, 1.807) is 31.4 Å². The molecule has 30 heavy (non-hydrogen) atoms. The summed E-state index contributed by atoms with van der Waals surface area (Å²) in [5, 5.41) is 20.6. The van der Waals surface area contributed by atoms with Gasteiger partial charge in [-0.25, -0.2) is 0 Å². The summed E-state index contributed by atoms with van der Waals surface area (Å²) in [6, 6.07) is 16.0. The van der Waals surface area contributed by atoms with Gasteiger partial charge in [-0.1, -0.05) is 29.8 Å². The number of hydrogen-bond acceptors (Lipinski definition) is 5. The van der Waals surface area contributed by atoms with Crippen LogP contribution in [0.2, 0.25) is 0 Å². The van der Waals surface area contributed by atoms with E-state index in [0.29, 0.717) is 34.8 Å². The molecule has 0 aliphatic carbocycles. The highest BCUT2D eigenvalue weighted by molar-refractivity contribution is 5.87. The monoisotopic (exact) mass is 406 g/mol. The third-order valence-electron chi connectivity index (χ3n) is 4.71. The number of benzene rings is 3. The van der Waals surface area contributed by atoms with Gasteiger partial charge in [0.15, 0.2) is 11.5 Å². The lowest BCUT2D eigenvalue weighted by atomic mass is 9.96. The van der Waals surface area contributed by atoms with Crippen LogP contribution in [0, 0.1) is 0 Å². The fourth-order valence-corrected chi connectivity index (χ4v) is 3.15.